The topological polar surface area (TPSA) is 3.24 Å². The minimum atomic E-state index is 0.528. The van der Waals surface area contributed by atoms with Crippen molar-refractivity contribution in [3.63, 3.8) is 0 Å². The molecule has 2 saturated heterocycles. The first-order valence-electron chi connectivity index (χ1n) is 4.13. The number of halogens is 1. The molecule has 2 rings (SSSR count). The van der Waals surface area contributed by atoms with Gasteiger partial charge in [-0.15, -0.1) is 11.6 Å². The molecule has 0 aromatic heterocycles. The molecular formula is C8H14ClN. The monoisotopic (exact) mass is 159 g/mol. The van der Waals surface area contributed by atoms with Crippen molar-refractivity contribution in [2.75, 3.05) is 25.5 Å². The Morgan fingerprint density at radius 3 is 2.90 bits per heavy atom. The molecule has 0 radical (unpaired) electrons. The van der Waals surface area contributed by atoms with Crippen molar-refractivity contribution in [1.82, 2.24) is 4.90 Å². The molecule has 2 aliphatic rings. The maximum absolute atomic E-state index is 5.94. The van der Waals surface area contributed by atoms with Crippen molar-refractivity contribution in [2.24, 2.45) is 5.41 Å². The third-order valence-corrected chi connectivity index (χ3v) is 3.55. The highest BCUT2D eigenvalue weighted by atomic mass is 35.5. The molecule has 0 saturated carbocycles. The molecule has 0 aromatic rings. The lowest BCUT2D eigenvalue weighted by Crippen LogP contribution is -2.34. The molecule has 2 atom stereocenters. The first-order valence-corrected chi connectivity index (χ1v) is 4.66. The van der Waals surface area contributed by atoms with Crippen LogP contribution in [0.2, 0.25) is 0 Å². The smallest absolute Gasteiger partial charge is 0.0292 e. The molecule has 0 amide bonds. The van der Waals surface area contributed by atoms with Gasteiger partial charge in [0.15, 0.2) is 0 Å². The van der Waals surface area contributed by atoms with Crippen molar-refractivity contribution < 1.29 is 0 Å². The molecule has 2 heteroatoms. The van der Waals surface area contributed by atoms with E-state index in [0.717, 1.165) is 5.88 Å². The summed E-state index contributed by atoms with van der Waals surface area (Å²) in [5.74, 6) is 0.878. The van der Waals surface area contributed by atoms with Crippen LogP contribution in [0.25, 0.3) is 0 Å². The molecule has 0 aliphatic carbocycles. The van der Waals surface area contributed by atoms with E-state index in [1.165, 1.54) is 38.9 Å². The molecular weight excluding hydrogens is 146 g/mol. The summed E-state index contributed by atoms with van der Waals surface area (Å²) in [5, 5.41) is 0. The number of hydrogen-bond acceptors (Lipinski definition) is 1. The van der Waals surface area contributed by atoms with Crippen LogP contribution < -0.4 is 0 Å². The average molecular weight is 160 g/mol. The van der Waals surface area contributed by atoms with Crippen molar-refractivity contribution in [3.05, 3.63) is 0 Å². The Balaban J connectivity index is 2.10. The number of nitrogens with zero attached hydrogens (tertiary/aromatic N) is 1. The fourth-order valence-electron chi connectivity index (χ4n) is 2.28. The second-order valence-corrected chi connectivity index (χ2v) is 4.03. The Labute approximate surface area is 67.3 Å². The minimum Gasteiger partial charge on any atom is -0.303 e. The van der Waals surface area contributed by atoms with Gasteiger partial charge in [0.2, 0.25) is 0 Å². The molecule has 0 spiro atoms. The summed E-state index contributed by atoms with van der Waals surface area (Å²) in [5.41, 5.74) is 0.528. The molecule has 2 fully saturated rings. The Hall–Kier alpha value is 0.250. The maximum atomic E-state index is 5.94. The van der Waals surface area contributed by atoms with Crippen molar-refractivity contribution in [3.8, 4) is 0 Å². The van der Waals surface area contributed by atoms with Crippen LogP contribution in [0.4, 0.5) is 0 Å². The van der Waals surface area contributed by atoms with Gasteiger partial charge in [-0.25, -0.2) is 0 Å². The summed E-state index contributed by atoms with van der Waals surface area (Å²) in [6.45, 7) is 3.89. The van der Waals surface area contributed by atoms with E-state index in [9.17, 15) is 0 Å². The summed E-state index contributed by atoms with van der Waals surface area (Å²) < 4.78 is 0. The quantitative estimate of drug-likeness (QED) is 0.527. The molecule has 2 bridgehead atoms. The first kappa shape index (κ1) is 6.93. The van der Waals surface area contributed by atoms with Crippen LogP contribution in [0.1, 0.15) is 19.3 Å². The second kappa shape index (κ2) is 2.38. The normalized spacial score (nSPS) is 45.9. The third kappa shape index (κ3) is 0.960. The van der Waals surface area contributed by atoms with E-state index < -0.39 is 0 Å². The summed E-state index contributed by atoms with van der Waals surface area (Å²) >= 11 is 5.94. The van der Waals surface area contributed by atoms with Crippen LogP contribution in [0.3, 0.4) is 0 Å². The number of hydrogen-bond donors (Lipinski definition) is 0. The van der Waals surface area contributed by atoms with Crippen molar-refractivity contribution in [1.29, 1.82) is 0 Å². The highest BCUT2D eigenvalue weighted by Crippen LogP contribution is 2.39. The van der Waals surface area contributed by atoms with E-state index in [0.29, 0.717) is 5.41 Å². The fourth-order valence-corrected chi connectivity index (χ4v) is 2.63. The Morgan fingerprint density at radius 1 is 1.30 bits per heavy atom. The molecule has 2 aliphatic heterocycles. The van der Waals surface area contributed by atoms with E-state index in [1.54, 1.807) is 0 Å². The van der Waals surface area contributed by atoms with Gasteiger partial charge in [-0.1, -0.05) is 0 Å². The maximum Gasteiger partial charge on any atom is 0.0292 e. The fraction of sp³-hybridized carbons (Fsp3) is 1.00. The Kier molecular flexibility index (Phi) is 1.65. The predicted octanol–water partition coefficient (Wildman–Crippen LogP) is 1.71. The highest BCUT2D eigenvalue weighted by molar-refractivity contribution is 6.18. The zero-order valence-corrected chi connectivity index (χ0v) is 7.03. The van der Waals surface area contributed by atoms with Gasteiger partial charge in [-0.05, 0) is 37.8 Å². The summed E-state index contributed by atoms with van der Waals surface area (Å²) in [6.07, 6.45) is 4.08. The van der Waals surface area contributed by atoms with Crippen LogP contribution in [0, 0.1) is 5.41 Å². The van der Waals surface area contributed by atoms with Crippen LogP contribution in [-0.4, -0.2) is 30.4 Å². The van der Waals surface area contributed by atoms with Crippen LogP contribution in [0.15, 0.2) is 0 Å². The molecule has 10 heavy (non-hydrogen) atoms. The number of alkyl halides is 1. The van der Waals surface area contributed by atoms with Gasteiger partial charge in [-0.3, -0.25) is 0 Å². The van der Waals surface area contributed by atoms with E-state index in [1.807, 2.05) is 0 Å². The summed E-state index contributed by atoms with van der Waals surface area (Å²) in [7, 11) is 0. The number of rotatable bonds is 1. The lowest BCUT2D eigenvalue weighted by molar-refractivity contribution is 0.203. The standard InChI is InChI=1S/C8H14ClN/c9-6-8-2-1-4-10(7-8)5-3-8/h1-7H2. The number of piperidine rings is 1. The lowest BCUT2D eigenvalue weighted by atomic mass is 9.83. The van der Waals surface area contributed by atoms with Gasteiger partial charge in [-0.2, -0.15) is 0 Å². The molecule has 58 valence electrons. The molecule has 2 unspecified atom stereocenters. The van der Waals surface area contributed by atoms with Gasteiger partial charge >= 0.3 is 0 Å². The lowest BCUT2D eigenvalue weighted by Gasteiger charge is -2.31. The summed E-state index contributed by atoms with van der Waals surface area (Å²) in [4.78, 5) is 2.55. The molecule has 0 N–H and O–H groups in total. The van der Waals surface area contributed by atoms with Crippen molar-refractivity contribution >= 4 is 11.6 Å². The zero-order chi connectivity index (χ0) is 7.03. The third-order valence-electron chi connectivity index (χ3n) is 2.98. The highest BCUT2D eigenvalue weighted by Gasteiger charge is 2.39. The number of fused-ring (bicyclic) bond motifs is 2. The van der Waals surface area contributed by atoms with E-state index in [2.05, 4.69) is 4.90 Å². The predicted molar refractivity (Wildman–Crippen MR) is 43.4 cm³/mol. The van der Waals surface area contributed by atoms with Crippen LogP contribution in [-0.2, 0) is 0 Å². The average Bonchev–Trinajstić information content (AvgIpc) is 2.29. The zero-order valence-electron chi connectivity index (χ0n) is 6.27. The Morgan fingerprint density at radius 2 is 2.20 bits per heavy atom. The van der Waals surface area contributed by atoms with Gasteiger partial charge < -0.3 is 4.90 Å². The van der Waals surface area contributed by atoms with Gasteiger partial charge in [0.1, 0.15) is 0 Å². The van der Waals surface area contributed by atoms with Crippen molar-refractivity contribution in [2.45, 2.75) is 19.3 Å². The minimum absolute atomic E-state index is 0.528. The summed E-state index contributed by atoms with van der Waals surface area (Å²) in [6, 6.07) is 0. The Bertz CT molecular complexity index is 133. The van der Waals surface area contributed by atoms with Crippen LogP contribution >= 0.6 is 11.6 Å². The van der Waals surface area contributed by atoms with E-state index >= 15 is 0 Å². The SMILES string of the molecule is ClCC12CCCN(CC1)C2. The van der Waals surface area contributed by atoms with E-state index in [4.69, 9.17) is 11.6 Å². The van der Waals surface area contributed by atoms with Gasteiger partial charge in [0.05, 0.1) is 0 Å². The second-order valence-electron chi connectivity index (χ2n) is 3.76. The van der Waals surface area contributed by atoms with Gasteiger partial charge in [0.25, 0.3) is 0 Å². The van der Waals surface area contributed by atoms with E-state index in [-0.39, 0.29) is 0 Å². The first-order chi connectivity index (χ1) is 4.85. The van der Waals surface area contributed by atoms with Crippen LogP contribution in [0.5, 0.6) is 0 Å². The van der Waals surface area contributed by atoms with Gasteiger partial charge in [0, 0.05) is 12.4 Å². The molecule has 2 heterocycles. The largest absolute Gasteiger partial charge is 0.303 e. The molecule has 0 aromatic carbocycles. The molecule has 1 nitrogen and oxygen atoms in total.